The first-order chi connectivity index (χ1) is 14.0. The van der Waals surface area contributed by atoms with Crippen molar-refractivity contribution in [2.75, 3.05) is 5.32 Å². The highest BCUT2D eigenvalue weighted by molar-refractivity contribution is 6.35. The molecule has 2 heterocycles. The Morgan fingerprint density at radius 2 is 2.07 bits per heavy atom. The molecule has 1 atom stereocenters. The molecule has 2 aliphatic rings. The van der Waals surface area contributed by atoms with E-state index in [9.17, 15) is 4.79 Å². The van der Waals surface area contributed by atoms with E-state index in [-0.39, 0.29) is 17.7 Å². The molecule has 2 amide bonds. The molecule has 1 aliphatic heterocycles. The van der Waals surface area contributed by atoms with Crippen molar-refractivity contribution in [2.45, 2.75) is 37.3 Å². The van der Waals surface area contributed by atoms with Crippen LogP contribution in [0.5, 0.6) is 5.75 Å². The first-order valence-electron chi connectivity index (χ1n) is 9.61. The monoisotopic (exact) mass is 427 g/mol. The van der Waals surface area contributed by atoms with Crippen LogP contribution in [0.25, 0.3) is 10.8 Å². The maximum atomic E-state index is 12.9. The SMILES string of the molecule is O=C(Nc1cccc2cnccc12)NC1CC2(CCC2)Oc2c(Cl)cc(Cl)cc21. The van der Waals surface area contributed by atoms with E-state index in [0.717, 1.165) is 41.3 Å². The second kappa shape index (κ2) is 7.08. The van der Waals surface area contributed by atoms with Crippen LogP contribution in [0.4, 0.5) is 10.5 Å². The molecule has 5 rings (SSSR count). The van der Waals surface area contributed by atoms with E-state index in [1.54, 1.807) is 18.5 Å². The predicted molar refractivity (Wildman–Crippen MR) is 115 cm³/mol. The smallest absolute Gasteiger partial charge is 0.319 e. The summed E-state index contributed by atoms with van der Waals surface area (Å²) in [5.74, 6) is 0.628. The van der Waals surface area contributed by atoms with Crippen molar-refractivity contribution >= 4 is 45.7 Å². The molecule has 2 aromatic carbocycles. The Kier molecular flexibility index (Phi) is 4.52. The van der Waals surface area contributed by atoms with Crippen LogP contribution in [0.3, 0.4) is 0 Å². The van der Waals surface area contributed by atoms with Crippen molar-refractivity contribution in [3.8, 4) is 5.75 Å². The normalized spacial score (nSPS) is 19.2. The number of aromatic nitrogens is 1. The highest BCUT2D eigenvalue weighted by atomic mass is 35.5. The van der Waals surface area contributed by atoms with E-state index in [1.165, 1.54) is 0 Å². The Bertz CT molecular complexity index is 1110. The fraction of sp³-hybridized carbons (Fsp3) is 0.273. The summed E-state index contributed by atoms with van der Waals surface area (Å²) in [4.78, 5) is 17.0. The van der Waals surface area contributed by atoms with Crippen LogP contribution in [0.1, 0.15) is 37.3 Å². The third-order valence-electron chi connectivity index (χ3n) is 5.81. The number of nitrogens with zero attached hydrogens (tertiary/aromatic N) is 1. The zero-order chi connectivity index (χ0) is 20.0. The number of amides is 2. The molecule has 0 radical (unpaired) electrons. The van der Waals surface area contributed by atoms with Crippen molar-refractivity contribution < 1.29 is 9.53 Å². The molecule has 1 spiro atoms. The van der Waals surface area contributed by atoms with Crippen LogP contribution in [0.2, 0.25) is 10.0 Å². The minimum Gasteiger partial charge on any atom is -0.485 e. The zero-order valence-corrected chi connectivity index (χ0v) is 17.1. The summed E-state index contributed by atoms with van der Waals surface area (Å²) in [5.41, 5.74) is 1.29. The van der Waals surface area contributed by atoms with Gasteiger partial charge in [-0.25, -0.2) is 4.79 Å². The predicted octanol–water partition coefficient (Wildman–Crippen LogP) is 6.11. The number of pyridine rings is 1. The van der Waals surface area contributed by atoms with E-state index in [2.05, 4.69) is 15.6 Å². The second-order valence-corrected chi connectivity index (χ2v) is 8.55. The molecular weight excluding hydrogens is 409 g/mol. The molecule has 5 nitrogen and oxygen atoms in total. The first-order valence-corrected chi connectivity index (χ1v) is 10.4. The minimum atomic E-state index is -0.280. The van der Waals surface area contributed by atoms with Gasteiger partial charge >= 0.3 is 6.03 Å². The van der Waals surface area contributed by atoms with Crippen LogP contribution < -0.4 is 15.4 Å². The molecule has 7 heteroatoms. The summed E-state index contributed by atoms with van der Waals surface area (Å²) < 4.78 is 6.26. The summed E-state index contributed by atoms with van der Waals surface area (Å²) in [7, 11) is 0. The Hall–Kier alpha value is -2.50. The van der Waals surface area contributed by atoms with Gasteiger partial charge in [0.25, 0.3) is 0 Å². The van der Waals surface area contributed by atoms with Crippen LogP contribution in [-0.4, -0.2) is 16.6 Å². The number of halogens is 2. The van der Waals surface area contributed by atoms with Gasteiger partial charge in [0.05, 0.1) is 16.8 Å². The van der Waals surface area contributed by atoms with E-state index in [4.69, 9.17) is 27.9 Å². The van der Waals surface area contributed by atoms with Gasteiger partial charge in [-0.05, 0) is 43.5 Å². The standard InChI is InChI=1S/C22H19Cl2N3O2/c23-14-9-16-19(11-22(6-2-7-22)29-20(16)17(24)10-14)27-21(28)26-18-4-1-3-13-12-25-8-5-15(13)18/h1,3-5,8-10,12,19H,2,6-7,11H2,(H2,26,27,28). The summed E-state index contributed by atoms with van der Waals surface area (Å²) in [6.07, 6.45) is 7.22. The fourth-order valence-electron chi connectivity index (χ4n) is 4.24. The largest absolute Gasteiger partial charge is 0.485 e. The van der Waals surface area contributed by atoms with Gasteiger partial charge in [-0.2, -0.15) is 0 Å². The van der Waals surface area contributed by atoms with Gasteiger partial charge in [0, 0.05) is 40.2 Å². The molecule has 1 unspecified atom stereocenters. The third-order valence-corrected chi connectivity index (χ3v) is 6.31. The molecule has 1 fully saturated rings. The maximum absolute atomic E-state index is 12.9. The van der Waals surface area contributed by atoms with Crippen molar-refractivity contribution in [3.05, 3.63) is 64.4 Å². The third kappa shape index (κ3) is 3.38. The molecular formula is C22H19Cl2N3O2. The molecule has 1 aliphatic carbocycles. The Balaban J connectivity index is 1.43. The molecule has 29 heavy (non-hydrogen) atoms. The molecule has 3 aromatic rings. The van der Waals surface area contributed by atoms with Crippen LogP contribution in [-0.2, 0) is 0 Å². The highest BCUT2D eigenvalue weighted by Crippen LogP contribution is 2.51. The molecule has 2 N–H and O–H groups in total. The van der Waals surface area contributed by atoms with Crippen molar-refractivity contribution in [1.82, 2.24) is 10.3 Å². The number of hydrogen-bond donors (Lipinski definition) is 2. The maximum Gasteiger partial charge on any atom is 0.319 e. The lowest BCUT2D eigenvalue weighted by Crippen LogP contribution is -2.50. The quantitative estimate of drug-likeness (QED) is 0.518. The second-order valence-electron chi connectivity index (χ2n) is 7.70. The summed E-state index contributed by atoms with van der Waals surface area (Å²) in [6.45, 7) is 0. The number of carbonyl (C=O) groups is 1. The lowest BCUT2D eigenvalue weighted by Gasteiger charge is -2.48. The van der Waals surface area contributed by atoms with E-state index < -0.39 is 0 Å². The number of anilines is 1. The van der Waals surface area contributed by atoms with Gasteiger partial charge in [-0.15, -0.1) is 0 Å². The van der Waals surface area contributed by atoms with Crippen molar-refractivity contribution in [2.24, 2.45) is 0 Å². The molecule has 1 saturated carbocycles. The number of fused-ring (bicyclic) bond motifs is 2. The van der Waals surface area contributed by atoms with Crippen molar-refractivity contribution in [3.63, 3.8) is 0 Å². The van der Waals surface area contributed by atoms with Gasteiger partial charge in [-0.1, -0.05) is 35.3 Å². The lowest BCUT2D eigenvalue weighted by atomic mass is 9.73. The number of hydrogen-bond acceptors (Lipinski definition) is 3. The van der Waals surface area contributed by atoms with Gasteiger partial charge in [-0.3, -0.25) is 4.98 Å². The average molecular weight is 428 g/mol. The van der Waals surface area contributed by atoms with Crippen LogP contribution >= 0.6 is 23.2 Å². The summed E-state index contributed by atoms with van der Waals surface area (Å²) in [5, 5.41) is 8.98. The Labute approximate surface area is 178 Å². The van der Waals surface area contributed by atoms with Crippen molar-refractivity contribution in [1.29, 1.82) is 0 Å². The van der Waals surface area contributed by atoms with E-state index in [0.29, 0.717) is 22.2 Å². The molecule has 1 aromatic heterocycles. The molecule has 0 saturated heterocycles. The number of ether oxygens (including phenoxy) is 1. The topological polar surface area (TPSA) is 63.2 Å². The summed E-state index contributed by atoms with van der Waals surface area (Å²) >= 11 is 12.6. The number of urea groups is 1. The lowest BCUT2D eigenvalue weighted by molar-refractivity contribution is -0.0353. The van der Waals surface area contributed by atoms with Gasteiger partial charge in [0.2, 0.25) is 0 Å². The average Bonchev–Trinajstić information content (AvgIpc) is 2.67. The Morgan fingerprint density at radius 1 is 1.21 bits per heavy atom. The zero-order valence-electron chi connectivity index (χ0n) is 15.5. The van der Waals surface area contributed by atoms with Crippen LogP contribution in [0.15, 0.2) is 48.8 Å². The number of carbonyl (C=O) groups excluding carboxylic acids is 1. The number of rotatable bonds is 2. The Morgan fingerprint density at radius 3 is 2.86 bits per heavy atom. The number of nitrogens with one attached hydrogen (secondary N) is 2. The molecule has 0 bridgehead atoms. The van der Waals surface area contributed by atoms with E-state index >= 15 is 0 Å². The first kappa shape index (κ1) is 18.5. The number of benzene rings is 2. The van der Waals surface area contributed by atoms with Gasteiger partial charge in [0.15, 0.2) is 0 Å². The minimum absolute atomic E-state index is 0.230. The van der Waals surface area contributed by atoms with Gasteiger partial charge in [0.1, 0.15) is 11.4 Å². The molecule has 148 valence electrons. The summed E-state index contributed by atoms with van der Waals surface area (Å²) in [6, 6.07) is 10.6. The van der Waals surface area contributed by atoms with E-state index in [1.807, 2.05) is 30.3 Å². The fourth-order valence-corrected chi connectivity index (χ4v) is 4.79. The van der Waals surface area contributed by atoms with Crippen LogP contribution in [0, 0.1) is 0 Å². The van der Waals surface area contributed by atoms with Gasteiger partial charge < -0.3 is 15.4 Å². The highest BCUT2D eigenvalue weighted by Gasteiger charge is 2.46.